The average Bonchev–Trinajstić information content (AvgIpc) is 2.17. The van der Waals surface area contributed by atoms with Crippen LogP contribution in [0.5, 0.6) is 0 Å². The van der Waals surface area contributed by atoms with Gasteiger partial charge >= 0.3 is 0 Å². The molecular weight excluding hydrogens is 269 g/mol. The third-order valence-corrected chi connectivity index (χ3v) is 4.91. The van der Waals surface area contributed by atoms with Gasteiger partial charge in [-0.1, -0.05) is 46.0 Å². The standard InChI is InChI=1S/C14H25.CH3.Y/c1-4-11-7-8-12-6-5-9-14(2,3)13(12)10-11;;/h4,11-13H,5-10H2,1-3H3;1H3;/q2*-1;. The van der Waals surface area contributed by atoms with Gasteiger partial charge in [0.15, 0.2) is 0 Å². The molecule has 0 spiro atoms. The first-order valence-corrected chi connectivity index (χ1v) is 6.43. The molecule has 1 heteroatoms. The maximum atomic E-state index is 2.50. The summed E-state index contributed by atoms with van der Waals surface area (Å²) >= 11 is 0. The first kappa shape index (κ1) is 17.1. The predicted molar refractivity (Wildman–Crippen MR) is 68.3 cm³/mol. The van der Waals surface area contributed by atoms with Crippen molar-refractivity contribution in [3.05, 3.63) is 13.8 Å². The Morgan fingerprint density at radius 3 is 2.44 bits per heavy atom. The maximum absolute atomic E-state index is 2.50. The summed E-state index contributed by atoms with van der Waals surface area (Å²) in [6.45, 7) is 7.25. The fourth-order valence-corrected chi connectivity index (χ4v) is 3.88. The monoisotopic (exact) mass is 297 g/mol. The zero-order chi connectivity index (χ0) is 10.2. The Labute approximate surface area is 128 Å². The second-order valence-electron chi connectivity index (χ2n) is 6.15. The zero-order valence-corrected chi connectivity index (χ0v) is 14.5. The molecule has 93 valence electrons. The van der Waals surface area contributed by atoms with Gasteiger partial charge in [-0.2, -0.15) is 12.8 Å². The third-order valence-electron chi connectivity index (χ3n) is 4.91. The largest absolute Gasteiger partial charge is 0.358 e. The number of hydrogen-bond donors (Lipinski definition) is 0. The second kappa shape index (κ2) is 6.88. The Morgan fingerprint density at radius 2 is 1.81 bits per heavy atom. The molecule has 2 saturated carbocycles. The van der Waals surface area contributed by atoms with Crippen LogP contribution in [0.2, 0.25) is 0 Å². The van der Waals surface area contributed by atoms with Crippen molar-refractivity contribution in [3.63, 3.8) is 0 Å². The van der Waals surface area contributed by atoms with Crippen molar-refractivity contribution in [2.45, 2.75) is 59.3 Å². The maximum Gasteiger partial charge on any atom is 0 e. The van der Waals surface area contributed by atoms with Crippen LogP contribution in [0, 0.1) is 37.0 Å². The van der Waals surface area contributed by atoms with Crippen LogP contribution in [0.15, 0.2) is 0 Å². The number of hydrogen-bond acceptors (Lipinski definition) is 0. The molecule has 2 fully saturated rings. The van der Waals surface area contributed by atoms with Crippen molar-refractivity contribution >= 4 is 0 Å². The van der Waals surface area contributed by atoms with Gasteiger partial charge in [-0.25, -0.2) is 0 Å². The van der Waals surface area contributed by atoms with Crippen LogP contribution in [0.25, 0.3) is 0 Å². The van der Waals surface area contributed by atoms with Gasteiger partial charge in [0.05, 0.1) is 0 Å². The fraction of sp³-hybridized carbons (Fsp3) is 0.867. The van der Waals surface area contributed by atoms with Crippen molar-refractivity contribution in [1.29, 1.82) is 0 Å². The normalized spacial score (nSPS) is 36.6. The molecular formula is C15H28Y-2. The van der Waals surface area contributed by atoms with Gasteiger partial charge in [-0.05, 0) is 23.7 Å². The summed E-state index contributed by atoms with van der Waals surface area (Å²) in [4.78, 5) is 0. The van der Waals surface area contributed by atoms with E-state index in [4.69, 9.17) is 0 Å². The van der Waals surface area contributed by atoms with Crippen molar-refractivity contribution < 1.29 is 32.7 Å². The Hall–Kier alpha value is 1.10. The smallest absolute Gasteiger partial charge is 0 e. The Bertz CT molecular complexity index is 198. The summed E-state index contributed by atoms with van der Waals surface area (Å²) in [5.74, 6) is 3.01. The molecule has 0 nitrogen and oxygen atoms in total. The van der Waals surface area contributed by atoms with Crippen LogP contribution in [-0.4, -0.2) is 0 Å². The van der Waals surface area contributed by atoms with E-state index in [0.717, 1.165) is 17.8 Å². The molecule has 1 radical (unpaired) electrons. The van der Waals surface area contributed by atoms with Gasteiger partial charge in [-0.15, -0.1) is 0 Å². The summed E-state index contributed by atoms with van der Waals surface area (Å²) in [5.41, 5.74) is 0.630. The predicted octanol–water partition coefficient (Wildman–Crippen LogP) is 4.90. The van der Waals surface area contributed by atoms with Crippen molar-refractivity contribution in [2.75, 3.05) is 0 Å². The molecule has 0 saturated heterocycles. The minimum Gasteiger partial charge on any atom is -0.358 e. The van der Waals surface area contributed by atoms with E-state index in [0.29, 0.717) is 5.41 Å². The van der Waals surface area contributed by atoms with Crippen LogP contribution in [0.1, 0.15) is 59.3 Å². The van der Waals surface area contributed by atoms with Gasteiger partial charge in [-0.3, -0.25) is 0 Å². The van der Waals surface area contributed by atoms with E-state index >= 15 is 0 Å². The molecule has 0 aromatic carbocycles. The van der Waals surface area contributed by atoms with E-state index in [9.17, 15) is 0 Å². The summed E-state index contributed by atoms with van der Waals surface area (Å²) in [6.07, 6.45) is 11.4. The average molecular weight is 297 g/mol. The quantitative estimate of drug-likeness (QED) is 0.604. The molecule has 0 aromatic heterocycles. The minimum atomic E-state index is 0. The molecule has 0 N–H and O–H groups in total. The molecule has 0 bridgehead atoms. The first-order chi connectivity index (χ1) is 6.63. The molecule has 0 heterocycles. The Balaban J connectivity index is 0.00000112. The molecule has 2 aliphatic carbocycles. The summed E-state index contributed by atoms with van der Waals surface area (Å²) in [7, 11) is 0. The molecule has 16 heavy (non-hydrogen) atoms. The van der Waals surface area contributed by atoms with Gasteiger partial charge in [0, 0.05) is 32.7 Å². The zero-order valence-electron chi connectivity index (χ0n) is 11.6. The molecule has 0 amide bonds. The molecule has 0 aromatic rings. The minimum absolute atomic E-state index is 0. The summed E-state index contributed by atoms with van der Waals surface area (Å²) in [5, 5.41) is 0. The summed E-state index contributed by atoms with van der Waals surface area (Å²) < 4.78 is 0. The van der Waals surface area contributed by atoms with Gasteiger partial charge < -0.3 is 13.8 Å². The van der Waals surface area contributed by atoms with Crippen LogP contribution < -0.4 is 0 Å². The van der Waals surface area contributed by atoms with Crippen LogP contribution in [0.4, 0.5) is 0 Å². The molecule has 3 unspecified atom stereocenters. The van der Waals surface area contributed by atoms with Gasteiger partial charge in [0.2, 0.25) is 0 Å². The van der Waals surface area contributed by atoms with E-state index in [1.165, 1.54) is 38.5 Å². The van der Waals surface area contributed by atoms with Crippen LogP contribution >= 0.6 is 0 Å². The molecule has 0 aliphatic heterocycles. The van der Waals surface area contributed by atoms with E-state index in [2.05, 4.69) is 27.2 Å². The molecule has 2 rings (SSSR count). The van der Waals surface area contributed by atoms with E-state index in [-0.39, 0.29) is 40.1 Å². The van der Waals surface area contributed by atoms with Crippen molar-refractivity contribution in [1.82, 2.24) is 0 Å². The topological polar surface area (TPSA) is 0 Å². The van der Waals surface area contributed by atoms with E-state index in [1.807, 2.05) is 0 Å². The van der Waals surface area contributed by atoms with Crippen LogP contribution in [-0.2, 0) is 32.7 Å². The van der Waals surface area contributed by atoms with Crippen LogP contribution in [0.3, 0.4) is 0 Å². The van der Waals surface area contributed by atoms with Crippen molar-refractivity contribution in [2.24, 2.45) is 23.2 Å². The number of fused-ring (bicyclic) bond motifs is 1. The first-order valence-electron chi connectivity index (χ1n) is 6.43. The van der Waals surface area contributed by atoms with Gasteiger partial charge in [0.1, 0.15) is 0 Å². The van der Waals surface area contributed by atoms with Gasteiger partial charge in [0.25, 0.3) is 0 Å². The third kappa shape index (κ3) is 3.55. The fourth-order valence-electron chi connectivity index (χ4n) is 3.88. The Morgan fingerprint density at radius 1 is 1.12 bits per heavy atom. The summed E-state index contributed by atoms with van der Waals surface area (Å²) in [6, 6.07) is 0. The van der Waals surface area contributed by atoms with Crippen molar-refractivity contribution in [3.8, 4) is 0 Å². The van der Waals surface area contributed by atoms with E-state index in [1.54, 1.807) is 0 Å². The Kier molecular flexibility index (Phi) is 7.36. The second-order valence-corrected chi connectivity index (χ2v) is 6.15. The SMILES string of the molecule is C[CH-]C1CCC2CCCC(C)(C)C2C1.[CH3-].[Y]. The molecule has 3 atom stereocenters. The van der Waals surface area contributed by atoms with E-state index < -0.39 is 0 Å². The number of rotatable bonds is 1. The molecule has 2 aliphatic rings.